The van der Waals surface area contributed by atoms with E-state index in [1.807, 2.05) is 0 Å². The van der Waals surface area contributed by atoms with Crippen molar-refractivity contribution in [2.45, 2.75) is 25.8 Å². The minimum atomic E-state index is -0.119. The second kappa shape index (κ2) is 5.21. The van der Waals surface area contributed by atoms with Gasteiger partial charge < -0.3 is 4.74 Å². The summed E-state index contributed by atoms with van der Waals surface area (Å²) >= 11 is 0. The van der Waals surface area contributed by atoms with Crippen molar-refractivity contribution in [3.05, 3.63) is 29.3 Å². The summed E-state index contributed by atoms with van der Waals surface area (Å²) in [7, 11) is 1.50. The minimum absolute atomic E-state index is 0.0585. The molecular weight excluding hydrogens is 268 g/mol. The fourth-order valence-electron chi connectivity index (χ4n) is 3.34. The van der Waals surface area contributed by atoms with Crippen LogP contribution in [0.4, 0.5) is 0 Å². The number of carbonyl (C=O) groups excluding carboxylic acids is 2. The first kappa shape index (κ1) is 13.6. The van der Waals surface area contributed by atoms with Gasteiger partial charge in [0.2, 0.25) is 11.8 Å². The van der Waals surface area contributed by atoms with Crippen molar-refractivity contribution in [1.82, 2.24) is 4.90 Å². The largest absolute Gasteiger partial charge is 0.495 e. The Hall–Kier alpha value is -2.35. The maximum atomic E-state index is 12.3. The number of imide groups is 1. The maximum absolute atomic E-state index is 12.3. The molecule has 1 aromatic rings. The molecule has 108 valence electrons. The molecule has 1 aliphatic carbocycles. The van der Waals surface area contributed by atoms with Crippen LogP contribution in [0.1, 0.15) is 30.4 Å². The summed E-state index contributed by atoms with van der Waals surface area (Å²) < 4.78 is 5.09. The van der Waals surface area contributed by atoms with Crippen LogP contribution in [0.5, 0.6) is 5.75 Å². The molecule has 0 N–H and O–H groups in total. The van der Waals surface area contributed by atoms with Crippen molar-refractivity contribution >= 4 is 11.8 Å². The number of hydrogen-bond donors (Lipinski definition) is 0. The Morgan fingerprint density at radius 1 is 1.29 bits per heavy atom. The Balaban J connectivity index is 1.83. The number of rotatable bonds is 3. The molecule has 0 spiro atoms. The summed E-state index contributed by atoms with van der Waals surface area (Å²) in [6.45, 7) is 0.239. The van der Waals surface area contributed by atoms with E-state index < -0.39 is 0 Å². The minimum Gasteiger partial charge on any atom is -0.495 e. The van der Waals surface area contributed by atoms with E-state index >= 15 is 0 Å². The molecule has 0 aromatic heterocycles. The number of hydrogen-bond acceptors (Lipinski definition) is 4. The van der Waals surface area contributed by atoms with Crippen molar-refractivity contribution in [2.24, 2.45) is 11.8 Å². The van der Waals surface area contributed by atoms with Gasteiger partial charge in [0.25, 0.3) is 0 Å². The molecule has 1 aliphatic heterocycles. The first-order valence-electron chi connectivity index (χ1n) is 7.08. The highest BCUT2D eigenvalue weighted by atomic mass is 16.5. The molecule has 5 nitrogen and oxygen atoms in total. The van der Waals surface area contributed by atoms with E-state index in [0.717, 1.165) is 24.8 Å². The standard InChI is InChI=1S/C16H16N2O3/c1-21-14-6-5-10(7-11(14)8-17)9-18-15(19)12-3-2-4-13(12)16(18)20/h5-7,12-13H,2-4,9H2,1H3. The lowest BCUT2D eigenvalue weighted by Crippen LogP contribution is -2.31. The zero-order valence-corrected chi connectivity index (χ0v) is 11.8. The number of likely N-dealkylation sites (tertiary alicyclic amines) is 1. The first-order chi connectivity index (χ1) is 10.2. The van der Waals surface area contributed by atoms with Gasteiger partial charge in [0, 0.05) is 0 Å². The third-order valence-electron chi connectivity index (χ3n) is 4.41. The molecular formula is C16H16N2O3. The summed E-state index contributed by atoms with van der Waals surface area (Å²) in [5.74, 6) is 0.142. The Kier molecular flexibility index (Phi) is 3.38. The van der Waals surface area contributed by atoms with Crippen LogP contribution in [0, 0.1) is 23.2 Å². The van der Waals surface area contributed by atoms with E-state index in [0.29, 0.717) is 11.3 Å². The van der Waals surface area contributed by atoms with Gasteiger partial charge in [0.15, 0.2) is 0 Å². The van der Waals surface area contributed by atoms with Crippen LogP contribution in [0.25, 0.3) is 0 Å². The Bertz CT molecular complexity index is 625. The summed E-state index contributed by atoms with van der Waals surface area (Å²) in [5, 5.41) is 9.09. The Labute approximate surface area is 123 Å². The lowest BCUT2D eigenvalue weighted by molar-refractivity contribution is -0.141. The molecule has 0 bridgehead atoms. The van der Waals surface area contributed by atoms with Crippen molar-refractivity contribution in [3.63, 3.8) is 0 Å². The van der Waals surface area contributed by atoms with Gasteiger partial charge in [-0.05, 0) is 30.5 Å². The van der Waals surface area contributed by atoms with E-state index in [-0.39, 0.29) is 30.2 Å². The van der Waals surface area contributed by atoms with Crippen LogP contribution >= 0.6 is 0 Å². The fourth-order valence-corrected chi connectivity index (χ4v) is 3.34. The van der Waals surface area contributed by atoms with E-state index in [1.54, 1.807) is 18.2 Å². The van der Waals surface area contributed by atoms with Crippen LogP contribution in [0.2, 0.25) is 0 Å². The fraction of sp³-hybridized carbons (Fsp3) is 0.438. The predicted octanol–water partition coefficient (Wildman–Crippen LogP) is 1.85. The molecule has 1 saturated carbocycles. The van der Waals surface area contributed by atoms with Crippen LogP contribution < -0.4 is 4.74 Å². The van der Waals surface area contributed by atoms with Crippen LogP contribution in [-0.2, 0) is 16.1 Å². The number of methoxy groups -OCH3 is 1. The van der Waals surface area contributed by atoms with Crippen molar-refractivity contribution in [3.8, 4) is 11.8 Å². The van der Waals surface area contributed by atoms with Crippen molar-refractivity contribution in [2.75, 3.05) is 7.11 Å². The Morgan fingerprint density at radius 3 is 2.52 bits per heavy atom. The van der Waals surface area contributed by atoms with Crippen molar-refractivity contribution < 1.29 is 14.3 Å². The average molecular weight is 284 g/mol. The molecule has 3 rings (SSSR count). The summed E-state index contributed by atoms with van der Waals surface area (Å²) in [4.78, 5) is 25.9. The predicted molar refractivity (Wildman–Crippen MR) is 74.1 cm³/mol. The number of carbonyl (C=O) groups is 2. The first-order valence-corrected chi connectivity index (χ1v) is 7.08. The quantitative estimate of drug-likeness (QED) is 0.794. The number of nitriles is 1. The van der Waals surface area contributed by atoms with Gasteiger partial charge in [-0.3, -0.25) is 14.5 Å². The van der Waals surface area contributed by atoms with Gasteiger partial charge >= 0.3 is 0 Å². The third-order valence-corrected chi connectivity index (χ3v) is 4.41. The van der Waals surface area contributed by atoms with Gasteiger partial charge in [0.05, 0.1) is 31.1 Å². The van der Waals surface area contributed by atoms with E-state index in [2.05, 4.69) is 6.07 Å². The zero-order chi connectivity index (χ0) is 15.0. The van der Waals surface area contributed by atoms with E-state index in [9.17, 15) is 9.59 Å². The highest BCUT2D eigenvalue weighted by Gasteiger charge is 2.49. The number of nitrogens with zero attached hydrogens (tertiary/aromatic N) is 2. The highest BCUT2D eigenvalue weighted by Crippen LogP contribution is 2.40. The molecule has 1 saturated heterocycles. The van der Waals surface area contributed by atoms with Crippen molar-refractivity contribution in [1.29, 1.82) is 5.26 Å². The third kappa shape index (κ3) is 2.17. The number of ether oxygens (including phenoxy) is 1. The summed E-state index contributed by atoms with van der Waals surface area (Å²) in [6, 6.07) is 7.22. The highest BCUT2D eigenvalue weighted by molar-refractivity contribution is 6.05. The molecule has 2 atom stereocenters. The van der Waals surface area contributed by atoms with Crippen LogP contribution in [0.3, 0.4) is 0 Å². The lowest BCUT2D eigenvalue weighted by atomic mass is 10.00. The molecule has 1 aromatic carbocycles. The molecule has 2 aliphatic rings. The SMILES string of the molecule is COc1ccc(CN2C(=O)C3CCCC3C2=O)cc1C#N. The van der Waals surface area contributed by atoms with Gasteiger partial charge in [0.1, 0.15) is 11.8 Å². The number of benzene rings is 1. The maximum Gasteiger partial charge on any atom is 0.233 e. The average Bonchev–Trinajstić information content (AvgIpc) is 3.07. The molecule has 5 heteroatoms. The van der Waals surface area contributed by atoms with E-state index in [4.69, 9.17) is 10.00 Å². The zero-order valence-electron chi connectivity index (χ0n) is 11.8. The second-order valence-electron chi connectivity index (χ2n) is 5.55. The monoisotopic (exact) mass is 284 g/mol. The molecule has 0 radical (unpaired) electrons. The van der Waals surface area contributed by atoms with Gasteiger partial charge in [-0.15, -0.1) is 0 Å². The topological polar surface area (TPSA) is 70.4 Å². The van der Waals surface area contributed by atoms with Crippen LogP contribution in [0.15, 0.2) is 18.2 Å². The molecule has 2 unspecified atom stereocenters. The summed E-state index contributed by atoms with van der Waals surface area (Å²) in [5.41, 5.74) is 1.18. The molecule has 2 fully saturated rings. The van der Waals surface area contributed by atoms with Crippen LogP contribution in [-0.4, -0.2) is 23.8 Å². The number of fused-ring (bicyclic) bond motifs is 1. The van der Waals surface area contributed by atoms with Gasteiger partial charge in [-0.25, -0.2) is 0 Å². The van der Waals surface area contributed by atoms with E-state index in [1.165, 1.54) is 12.0 Å². The molecule has 21 heavy (non-hydrogen) atoms. The van der Waals surface area contributed by atoms with Gasteiger partial charge in [-0.2, -0.15) is 5.26 Å². The second-order valence-corrected chi connectivity index (χ2v) is 5.55. The molecule has 1 heterocycles. The smallest absolute Gasteiger partial charge is 0.233 e. The lowest BCUT2D eigenvalue weighted by Gasteiger charge is -2.16. The normalized spacial score (nSPS) is 24.1. The Morgan fingerprint density at radius 2 is 1.95 bits per heavy atom. The number of amides is 2. The molecule has 2 amide bonds. The van der Waals surface area contributed by atoms with Gasteiger partial charge in [-0.1, -0.05) is 12.5 Å². The summed E-state index contributed by atoms with van der Waals surface area (Å²) in [6.07, 6.45) is 2.59.